The highest BCUT2D eigenvalue weighted by molar-refractivity contribution is 8.93. The highest BCUT2D eigenvalue weighted by Crippen LogP contribution is 2.50. The highest BCUT2D eigenvalue weighted by atomic mass is 79.9. The molecule has 0 N–H and O–H groups in total. The molecule has 0 spiro atoms. The molecule has 1 saturated carbocycles. The first-order valence-electron chi connectivity index (χ1n) is 9.85. The Hall–Kier alpha value is -1.73. The van der Waals surface area contributed by atoms with Gasteiger partial charge in [0.15, 0.2) is 4.80 Å². The lowest BCUT2D eigenvalue weighted by Gasteiger charge is -2.43. The third-order valence-corrected chi connectivity index (χ3v) is 7.45. The maximum atomic E-state index is 6.38. The van der Waals surface area contributed by atoms with E-state index in [4.69, 9.17) is 37.0 Å². The number of rotatable bonds is 6. The molecule has 4 nitrogen and oxygen atoms in total. The van der Waals surface area contributed by atoms with Gasteiger partial charge in [0.1, 0.15) is 18.1 Å². The van der Waals surface area contributed by atoms with Gasteiger partial charge in [-0.25, -0.2) is 0 Å². The molecule has 0 unspecified atom stereocenters. The number of thiazole rings is 1. The molecule has 3 heterocycles. The van der Waals surface area contributed by atoms with Crippen molar-refractivity contribution < 1.29 is 8.83 Å². The Balaban J connectivity index is 0.00000231. The minimum absolute atomic E-state index is 0. The molecular formula is C23H21BrCl2N2O2S. The van der Waals surface area contributed by atoms with E-state index in [0.717, 1.165) is 29.2 Å². The molecule has 0 radical (unpaired) electrons. The van der Waals surface area contributed by atoms with E-state index < -0.39 is 0 Å². The fourth-order valence-electron chi connectivity index (χ4n) is 4.11. The molecule has 31 heavy (non-hydrogen) atoms. The van der Waals surface area contributed by atoms with Gasteiger partial charge in [-0.3, -0.25) is 4.99 Å². The fraction of sp³-hybridized carbons (Fsp3) is 0.261. The van der Waals surface area contributed by atoms with Crippen LogP contribution in [0.1, 0.15) is 42.0 Å². The second-order valence-corrected chi connectivity index (χ2v) is 9.18. The minimum atomic E-state index is -0.0875. The number of nitrogens with zero attached hydrogens (tertiary/aromatic N) is 2. The van der Waals surface area contributed by atoms with Gasteiger partial charge in [-0.05, 0) is 54.8 Å². The van der Waals surface area contributed by atoms with E-state index in [2.05, 4.69) is 16.0 Å². The van der Waals surface area contributed by atoms with Gasteiger partial charge in [0.25, 0.3) is 0 Å². The topological polar surface area (TPSA) is 43.6 Å². The van der Waals surface area contributed by atoms with Crippen LogP contribution in [0.4, 0.5) is 0 Å². The van der Waals surface area contributed by atoms with Crippen molar-refractivity contribution >= 4 is 51.5 Å². The summed E-state index contributed by atoms with van der Waals surface area (Å²) in [5.74, 6) is 1.75. The van der Waals surface area contributed by atoms with Gasteiger partial charge in [-0.15, -0.1) is 28.3 Å². The average Bonchev–Trinajstić information content (AvgIpc) is 3.46. The Morgan fingerprint density at radius 2 is 1.74 bits per heavy atom. The number of furan rings is 2. The molecule has 162 valence electrons. The smallest absolute Gasteiger partial charge is 0.185 e. The lowest BCUT2D eigenvalue weighted by Crippen LogP contribution is -2.39. The summed E-state index contributed by atoms with van der Waals surface area (Å²) < 4.78 is 13.4. The molecule has 1 fully saturated rings. The van der Waals surface area contributed by atoms with E-state index in [1.54, 1.807) is 23.9 Å². The van der Waals surface area contributed by atoms with Crippen LogP contribution >= 0.6 is 51.5 Å². The molecule has 5 rings (SSSR count). The number of hydrogen-bond donors (Lipinski definition) is 0. The maximum Gasteiger partial charge on any atom is 0.185 e. The predicted octanol–water partition coefficient (Wildman–Crippen LogP) is 7.24. The third-order valence-electron chi connectivity index (χ3n) is 5.81. The van der Waals surface area contributed by atoms with Crippen molar-refractivity contribution in [2.24, 2.45) is 4.99 Å². The summed E-state index contributed by atoms with van der Waals surface area (Å²) in [4.78, 5) is 5.79. The SMILES string of the molecule is Br.Clc1ccc(C2(c3cs/c(=N\Cc4ccco4)n3Cc3ccco3)CCC2)cc1Cl. The molecule has 1 aliphatic rings. The van der Waals surface area contributed by atoms with E-state index in [1.165, 1.54) is 17.7 Å². The predicted molar refractivity (Wildman–Crippen MR) is 130 cm³/mol. The van der Waals surface area contributed by atoms with Crippen LogP contribution in [0, 0.1) is 0 Å². The van der Waals surface area contributed by atoms with E-state index in [9.17, 15) is 0 Å². The van der Waals surface area contributed by atoms with Gasteiger partial charge in [0, 0.05) is 16.5 Å². The highest BCUT2D eigenvalue weighted by Gasteiger charge is 2.43. The first kappa shape index (κ1) is 22.5. The standard InChI is InChI=1S/C23H20Cl2N2O2S.BrH/c24-19-7-6-16(12-20(19)25)23(8-3-9-23)21-15-30-22(26-13-17-4-1-10-28-17)27(21)14-18-5-2-11-29-18;/h1-2,4-7,10-12,15H,3,8-9,13-14H2;1H/b26-22-;. The van der Waals surface area contributed by atoms with Crippen LogP contribution in [0.2, 0.25) is 10.0 Å². The largest absolute Gasteiger partial charge is 0.467 e. The van der Waals surface area contributed by atoms with Crippen LogP contribution in [-0.4, -0.2) is 4.57 Å². The van der Waals surface area contributed by atoms with Crippen LogP contribution < -0.4 is 4.80 Å². The molecule has 1 aliphatic carbocycles. The minimum Gasteiger partial charge on any atom is -0.467 e. The first-order valence-corrected chi connectivity index (χ1v) is 11.5. The molecule has 0 bridgehead atoms. The quantitative estimate of drug-likeness (QED) is 0.259. The van der Waals surface area contributed by atoms with Gasteiger partial charge in [0.05, 0.1) is 29.1 Å². The van der Waals surface area contributed by atoms with Crippen LogP contribution in [0.5, 0.6) is 0 Å². The monoisotopic (exact) mass is 538 g/mol. The Bertz CT molecular complexity index is 1210. The van der Waals surface area contributed by atoms with E-state index >= 15 is 0 Å². The maximum absolute atomic E-state index is 6.38. The molecule has 1 aromatic carbocycles. The Morgan fingerprint density at radius 3 is 2.35 bits per heavy atom. The molecule has 0 amide bonds. The van der Waals surface area contributed by atoms with Gasteiger partial charge in [-0.2, -0.15) is 0 Å². The molecular weight excluding hydrogens is 519 g/mol. The van der Waals surface area contributed by atoms with Gasteiger partial charge in [-0.1, -0.05) is 35.7 Å². The van der Waals surface area contributed by atoms with Gasteiger partial charge >= 0.3 is 0 Å². The van der Waals surface area contributed by atoms with Crippen molar-refractivity contribution in [3.05, 3.63) is 98.0 Å². The number of hydrogen-bond acceptors (Lipinski definition) is 4. The van der Waals surface area contributed by atoms with Crippen LogP contribution in [0.15, 0.2) is 74.2 Å². The Kier molecular flexibility index (Phi) is 6.82. The third kappa shape index (κ3) is 4.31. The molecule has 3 aromatic heterocycles. The summed E-state index contributed by atoms with van der Waals surface area (Å²) in [6.45, 7) is 1.14. The lowest BCUT2D eigenvalue weighted by molar-refractivity contribution is 0.282. The molecule has 0 atom stereocenters. The van der Waals surface area contributed by atoms with Crippen molar-refractivity contribution in [3.8, 4) is 0 Å². The fourth-order valence-corrected chi connectivity index (χ4v) is 5.41. The summed E-state index contributed by atoms with van der Waals surface area (Å²) in [7, 11) is 0. The summed E-state index contributed by atoms with van der Waals surface area (Å²) in [5.41, 5.74) is 2.36. The number of benzene rings is 1. The summed E-state index contributed by atoms with van der Waals surface area (Å²) in [6.07, 6.45) is 6.69. The zero-order valence-corrected chi connectivity index (χ0v) is 20.6. The van der Waals surface area contributed by atoms with Crippen molar-refractivity contribution in [2.75, 3.05) is 0 Å². The number of halogens is 3. The normalized spacial score (nSPS) is 15.5. The first-order chi connectivity index (χ1) is 14.7. The van der Waals surface area contributed by atoms with Crippen molar-refractivity contribution in [1.29, 1.82) is 0 Å². The summed E-state index contributed by atoms with van der Waals surface area (Å²) in [6, 6.07) is 13.7. The van der Waals surface area contributed by atoms with Crippen molar-refractivity contribution in [2.45, 2.75) is 37.8 Å². The number of aromatic nitrogens is 1. The summed E-state index contributed by atoms with van der Waals surface area (Å²) >= 11 is 14.2. The van der Waals surface area contributed by atoms with Crippen molar-refractivity contribution in [3.63, 3.8) is 0 Å². The Morgan fingerprint density at radius 1 is 1.00 bits per heavy atom. The van der Waals surface area contributed by atoms with Crippen LogP contribution in [0.25, 0.3) is 0 Å². The molecule has 4 aromatic rings. The summed E-state index contributed by atoms with van der Waals surface area (Å²) in [5, 5.41) is 3.40. The lowest BCUT2D eigenvalue weighted by atomic mass is 9.62. The van der Waals surface area contributed by atoms with Crippen molar-refractivity contribution in [1.82, 2.24) is 4.57 Å². The second-order valence-electron chi connectivity index (χ2n) is 7.53. The van der Waals surface area contributed by atoms with E-state index in [1.807, 2.05) is 36.4 Å². The van der Waals surface area contributed by atoms with Crippen LogP contribution in [0.3, 0.4) is 0 Å². The van der Waals surface area contributed by atoms with E-state index in [-0.39, 0.29) is 22.4 Å². The second kappa shape index (κ2) is 9.41. The molecule has 0 saturated heterocycles. The van der Waals surface area contributed by atoms with Crippen LogP contribution in [-0.2, 0) is 18.5 Å². The average molecular weight is 540 g/mol. The zero-order chi connectivity index (χ0) is 20.6. The Labute approximate surface area is 204 Å². The zero-order valence-electron chi connectivity index (χ0n) is 16.6. The van der Waals surface area contributed by atoms with E-state index in [0.29, 0.717) is 23.1 Å². The molecule has 8 heteroatoms. The van der Waals surface area contributed by atoms with Gasteiger partial charge < -0.3 is 13.4 Å². The molecule has 0 aliphatic heterocycles. The van der Waals surface area contributed by atoms with Gasteiger partial charge in [0.2, 0.25) is 0 Å².